The fraction of sp³-hybridized carbons (Fsp3) is 0.923. The summed E-state index contributed by atoms with van der Waals surface area (Å²) < 4.78 is 5.03. The normalized spacial score (nSPS) is 15.2. The van der Waals surface area contributed by atoms with Crippen molar-refractivity contribution in [2.45, 2.75) is 44.9 Å². The number of hydrogen-bond donors (Lipinski definition) is 3. The highest BCUT2D eigenvalue weighted by molar-refractivity contribution is 7.99. The minimum Gasteiger partial charge on any atom is -0.394 e. The second-order valence-corrected chi connectivity index (χ2v) is 6.60. The Balaban J connectivity index is 3.63. The zero-order valence-electron chi connectivity index (χ0n) is 12.1. The van der Waals surface area contributed by atoms with Crippen LogP contribution in [0.3, 0.4) is 0 Å². The lowest BCUT2D eigenvalue weighted by Gasteiger charge is -2.25. The molecule has 0 saturated carbocycles. The van der Waals surface area contributed by atoms with Crippen molar-refractivity contribution in [3.63, 3.8) is 0 Å². The van der Waals surface area contributed by atoms with E-state index in [-0.39, 0.29) is 31.4 Å². The molecule has 0 aliphatic carbocycles. The molecule has 3 N–H and O–H groups in total. The number of carbonyl (C=O) groups is 1. The lowest BCUT2D eigenvalue weighted by atomic mass is 10.1. The van der Waals surface area contributed by atoms with E-state index >= 15 is 0 Å². The first-order chi connectivity index (χ1) is 8.89. The van der Waals surface area contributed by atoms with Gasteiger partial charge in [0.25, 0.3) is 0 Å². The van der Waals surface area contributed by atoms with Crippen molar-refractivity contribution in [1.29, 1.82) is 0 Å². The Bertz CT molecular complexity index is 233. The maximum absolute atomic E-state index is 10.9. The Morgan fingerprint density at radius 2 is 2.11 bits per heavy atom. The lowest BCUT2D eigenvalue weighted by molar-refractivity contribution is -0.110. The van der Waals surface area contributed by atoms with Crippen LogP contribution >= 0.6 is 11.8 Å². The van der Waals surface area contributed by atoms with Crippen molar-refractivity contribution >= 4 is 18.0 Å². The zero-order valence-corrected chi connectivity index (χ0v) is 12.9. The lowest BCUT2D eigenvalue weighted by Crippen LogP contribution is -2.44. The van der Waals surface area contributed by atoms with Crippen LogP contribution in [0.4, 0.5) is 0 Å². The molecule has 0 rings (SSSR count). The quantitative estimate of drug-likeness (QED) is 0.379. The summed E-state index contributed by atoms with van der Waals surface area (Å²) in [6, 6.07) is -0.143. The maximum Gasteiger partial charge on any atom is 0.136 e. The predicted octanol–water partition coefficient (Wildman–Crippen LogP) is 0.435. The number of aliphatic hydroxyl groups excluding tert-OH is 2. The molecule has 0 spiro atoms. The third-order valence-corrected chi connectivity index (χ3v) is 3.36. The van der Waals surface area contributed by atoms with Crippen molar-refractivity contribution < 1.29 is 19.7 Å². The van der Waals surface area contributed by atoms with Crippen LogP contribution in [0.25, 0.3) is 0 Å². The Kier molecular flexibility index (Phi) is 10.5. The largest absolute Gasteiger partial charge is 0.394 e. The molecule has 0 aromatic rings. The summed E-state index contributed by atoms with van der Waals surface area (Å²) in [6.45, 7) is 6.55. The van der Waals surface area contributed by atoms with E-state index in [9.17, 15) is 9.90 Å². The Labute approximate surface area is 120 Å². The SMILES string of the molecule is CC(C)(C)N[C@H](C=O)CCSCC(O)COCCO. The van der Waals surface area contributed by atoms with Crippen LogP contribution in [-0.2, 0) is 9.53 Å². The summed E-state index contributed by atoms with van der Waals surface area (Å²) in [5.41, 5.74) is -0.0755. The predicted molar refractivity (Wildman–Crippen MR) is 78.6 cm³/mol. The number of ether oxygens (including phenoxy) is 1. The molecular formula is C13H27NO4S. The summed E-state index contributed by atoms with van der Waals surface area (Å²) in [4.78, 5) is 10.9. The van der Waals surface area contributed by atoms with E-state index in [4.69, 9.17) is 9.84 Å². The molecule has 0 fully saturated rings. The monoisotopic (exact) mass is 293 g/mol. The number of rotatable bonds is 11. The first kappa shape index (κ1) is 18.9. The minimum absolute atomic E-state index is 0.0284. The minimum atomic E-state index is -0.526. The van der Waals surface area contributed by atoms with E-state index in [1.54, 1.807) is 11.8 Å². The molecule has 0 aliphatic heterocycles. The highest BCUT2D eigenvalue weighted by Gasteiger charge is 2.16. The van der Waals surface area contributed by atoms with Crippen molar-refractivity contribution in [2.75, 3.05) is 31.3 Å². The van der Waals surface area contributed by atoms with Gasteiger partial charge in [-0.3, -0.25) is 0 Å². The van der Waals surface area contributed by atoms with Gasteiger partial charge in [-0.15, -0.1) is 0 Å². The van der Waals surface area contributed by atoms with Gasteiger partial charge in [-0.25, -0.2) is 0 Å². The molecule has 2 atom stereocenters. The summed E-state index contributed by atoms with van der Waals surface area (Å²) >= 11 is 1.60. The number of nitrogens with one attached hydrogen (secondary N) is 1. The van der Waals surface area contributed by atoms with E-state index in [0.29, 0.717) is 5.75 Å². The van der Waals surface area contributed by atoms with Gasteiger partial charge in [0, 0.05) is 11.3 Å². The number of aldehydes is 1. The average molecular weight is 293 g/mol. The Hall–Kier alpha value is -0.140. The molecule has 0 bridgehead atoms. The van der Waals surface area contributed by atoms with Crippen LogP contribution in [0.1, 0.15) is 27.2 Å². The van der Waals surface area contributed by atoms with Crippen LogP contribution in [0, 0.1) is 0 Å². The zero-order chi connectivity index (χ0) is 14.7. The van der Waals surface area contributed by atoms with Gasteiger partial charge in [-0.1, -0.05) is 0 Å². The highest BCUT2D eigenvalue weighted by Crippen LogP contribution is 2.09. The van der Waals surface area contributed by atoms with E-state index < -0.39 is 6.10 Å². The Morgan fingerprint density at radius 3 is 2.63 bits per heavy atom. The second-order valence-electron chi connectivity index (χ2n) is 5.45. The molecule has 0 aromatic heterocycles. The molecule has 0 heterocycles. The van der Waals surface area contributed by atoms with Gasteiger partial charge in [-0.05, 0) is 32.9 Å². The molecule has 0 aromatic carbocycles. The van der Waals surface area contributed by atoms with Gasteiger partial charge in [-0.2, -0.15) is 11.8 Å². The molecule has 0 radical (unpaired) electrons. The van der Waals surface area contributed by atoms with Crippen LogP contribution in [0.5, 0.6) is 0 Å². The first-order valence-corrected chi connectivity index (χ1v) is 7.72. The molecule has 114 valence electrons. The van der Waals surface area contributed by atoms with Crippen molar-refractivity contribution in [2.24, 2.45) is 0 Å². The molecule has 0 saturated heterocycles. The summed E-state index contributed by atoms with van der Waals surface area (Å²) in [5, 5.41) is 21.3. The molecule has 1 unspecified atom stereocenters. The molecule has 0 aliphatic rings. The van der Waals surface area contributed by atoms with Crippen LogP contribution in [-0.4, -0.2) is 65.5 Å². The fourth-order valence-electron chi connectivity index (χ4n) is 1.49. The summed E-state index contributed by atoms with van der Waals surface area (Å²) in [5.74, 6) is 1.38. The van der Waals surface area contributed by atoms with Crippen molar-refractivity contribution in [3.8, 4) is 0 Å². The summed E-state index contributed by atoms with van der Waals surface area (Å²) in [7, 11) is 0. The van der Waals surface area contributed by atoms with Crippen molar-refractivity contribution in [1.82, 2.24) is 5.32 Å². The van der Waals surface area contributed by atoms with Crippen LogP contribution < -0.4 is 5.32 Å². The van der Waals surface area contributed by atoms with E-state index in [2.05, 4.69) is 5.32 Å². The molecule has 0 amide bonds. The van der Waals surface area contributed by atoms with Crippen molar-refractivity contribution in [3.05, 3.63) is 0 Å². The number of hydrogen-bond acceptors (Lipinski definition) is 6. The summed E-state index contributed by atoms with van der Waals surface area (Å²) in [6.07, 6.45) is 1.16. The molecule has 6 heteroatoms. The Morgan fingerprint density at radius 1 is 1.42 bits per heavy atom. The van der Waals surface area contributed by atoms with Crippen LogP contribution in [0.15, 0.2) is 0 Å². The molecular weight excluding hydrogens is 266 g/mol. The average Bonchev–Trinajstić information content (AvgIpc) is 2.32. The van der Waals surface area contributed by atoms with E-state index in [1.807, 2.05) is 20.8 Å². The maximum atomic E-state index is 10.9. The highest BCUT2D eigenvalue weighted by atomic mass is 32.2. The molecule has 19 heavy (non-hydrogen) atoms. The smallest absolute Gasteiger partial charge is 0.136 e. The van der Waals surface area contributed by atoms with E-state index in [0.717, 1.165) is 18.5 Å². The van der Waals surface area contributed by atoms with Gasteiger partial charge < -0.3 is 25.1 Å². The number of thioether (sulfide) groups is 1. The van der Waals surface area contributed by atoms with Gasteiger partial charge in [0.2, 0.25) is 0 Å². The van der Waals surface area contributed by atoms with Crippen LogP contribution in [0.2, 0.25) is 0 Å². The standard InChI is InChI=1S/C13H27NO4S/c1-13(2,3)14-11(8-16)4-7-19-10-12(17)9-18-6-5-15/h8,11-12,14-15,17H,4-7,9-10H2,1-3H3/t11-,12?/m0/s1. The van der Waals surface area contributed by atoms with Gasteiger partial charge >= 0.3 is 0 Å². The topological polar surface area (TPSA) is 78.8 Å². The first-order valence-electron chi connectivity index (χ1n) is 6.56. The van der Waals surface area contributed by atoms with Gasteiger partial charge in [0.1, 0.15) is 6.29 Å². The third-order valence-electron chi connectivity index (χ3n) is 2.21. The van der Waals surface area contributed by atoms with Gasteiger partial charge in [0.05, 0.1) is 32.0 Å². The number of carbonyl (C=O) groups excluding carboxylic acids is 1. The fourth-order valence-corrected chi connectivity index (χ4v) is 2.45. The molecule has 5 nitrogen and oxygen atoms in total. The second kappa shape index (κ2) is 10.6. The van der Waals surface area contributed by atoms with E-state index in [1.165, 1.54) is 0 Å². The number of aliphatic hydroxyl groups is 2. The third kappa shape index (κ3) is 12.6. The van der Waals surface area contributed by atoms with Gasteiger partial charge in [0.15, 0.2) is 0 Å².